The molecule has 0 aliphatic heterocycles. The number of para-hydroxylation sites is 1. The van der Waals surface area contributed by atoms with E-state index in [-0.39, 0.29) is 10.8 Å². The molecule has 3 nitrogen and oxygen atoms in total. The molecule has 1 rings (SSSR count). The lowest BCUT2D eigenvalue weighted by Gasteiger charge is -2.09. The Morgan fingerprint density at radius 3 is 2.75 bits per heavy atom. The van der Waals surface area contributed by atoms with E-state index in [1.165, 1.54) is 7.11 Å². The minimum atomic E-state index is -0.299. The average Bonchev–Trinajstić information content (AvgIpc) is 2.35. The van der Waals surface area contributed by atoms with Crippen molar-refractivity contribution in [3.63, 3.8) is 0 Å². The van der Waals surface area contributed by atoms with E-state index in [0.29, 0.717) is 5.75 Å². The molecular formula is C11H13BrO3S. The van der Waals surface area contributed by atoms with Gasteiger partial charge in [-0.25, -0.2) is 0 Å². The van der Waals surface area contributed by atoms with Crippen molar-refractivity contribution < 1.29 is 14.3 Å². The molecule has 0 saturated carbocycles. The first-order valence-electron chi connectivity index (χ1n) is 4.66. The van der Waals surface area contributed by atoms with E-state index in [2.05, 4.69) is 20.7 Å². The number of thioether (sulfide) groups is 1. The summed E-state index contributed by atoms with van der Waals surface area (Å²) >= 11 is 4.82. The van der Waals surface area contributed by atoms with Crippen molar-refractivity contribution >= 4 is 33.7 Å². The van der Waals surface area contributed by atoms with Crippen LogP contribution >= 0.6 is 27.7 Å². The Morgan fingerprint density at radius 2 is 2.12 bits per heavy atom. The molecule has 0 radical (unpaired) electrons. The molecule has 0 N–H and O–H groups in total. The molecule has 0 aliphatic carbocycles. The van der Waals surface area contributed by atoms with Crippen molar-refractivity contribution in [1.29, 1.82) is 0 Å². The van der Waals surface area contributed by atoms with Crippen LogP contribution in [0.2, 0.25) is 0 Å². The van der Waals surface area contributed by atoms with Crippen LogP contribution in [0.1, 0.15) is 0 Å². The Kier molecular flexibility index (Phi) is 5.69. The summed E-state index contributed by atoms with van der Waals surface area (Å²) in [6.07, 6.45) is 0. The predicted molar refractivity (Wildman–Crippen MR) is 68.4 cm³/mol. The van der Waals surface area contributed by atoms with Gasteiger partial charge in [0.15, 0.2) is 0 Å². The van der Waals surface area contributed by atoms with Crippen LogP contribution in [0.5, 0.6) is 5.75 Å². The summed E-state index contributed by atoms with van der Waals surface area (Å²) in [6.45, 7) is 0. The van der Waals surface area contributed by atoms with Crippen LogP contribution in [0.3, 0.4) is 0 Å². The van der Waals surface area contributed by atoms with Crippen LogP contribution in [-0.4, -0.2) is 30.8 Å². The smallest absolute Gasteiger partial charge is 0.320 e. The molecule has 0 heterocycles. The molecule has 0 fully saturated rings. The molecule has 0 spiro atoms. The first-order chi connectivity index (χ1) is 7.69. The Labute approximate surface area is 108 Å². The molecular weight excluding hydrogens is 292 g/mol. The molecule has 88 valence electrons. The number of benzene rings is 1. The summed E-state index contributed by atoms with van der Waals surface area (Å²) in [5.41, 5.74) is 0. The van der Waals surface area contributed by atoms with Gasteiger partial charge in [0.05, 0.1) is 14.2 Å². The molecule has 1 unspecified atom stereocenters. The molecule has 0 aromatic heterocycles. The number of methoxy groups -OCH3 is 2. The Balaban J connectivity index is 2.57. The van der Waals surface area contributed by atoms with Gasteiger partial charge in [-0.2, -0.15) is 0 Å². The summed E-state index contributed by atoms with van der Waals surface area (Å²) in [6, 6.07) is 7.70. The van der Waals surface area contributed by atoms with Gasteiger partial charge in [0, 0.05) is 10.6 Å². The Hall–Kier alpha value is -0.680. The third kappa shape index (κ3) is 3.72. The zero-order valence-corrected chi connectivity index (χ0v) is 11.5. The van der Waals surface area contributed by atoms with Crippen LogP contribution in [0.25, 0.3) is 0 Å². The van der Waals surface area contributed by atoms with E-state index in [9.17, 15) is 4.79 Å². The van der Waals surface area contributed by atoms with Gasteiger partial charge in [0.1, 0.15) is 10.6 Å². The minimum absolute atomic E-state index is 0.262. The lowest BCUT2D eigenvalue weighted by Crippen LogP contribution is -2.17. The molecule has 0 bridgehead atoms. The van der Waals surface area contributed by atoms with Crippen molar-refractivity contribution in [3.05, 3.63) is 24.3 Å². The lowest BCUT2D eigenvalue weighted by atomic mass is 10.3. The van der Waals surface area contributed by atoms with Gasteiger partial charge >= 0.3 is 5.97 Å². The van der Waals surface area contributed by atoms with Crippen LogP contribution in [0.4, 0.5) is 0 Å². The highest BCUT2D eigenvalue weighted by atomic mass is 79.9. The van der Waals surface area contributed by atoms with Gasteiger partial charge in [-0.1, -0.05) is 28.1 Å². The van der Waals surface area contributed by atoms with Crippen LogP contribution in [0.15, 0.2) is 29.2 Å². The van der Waals surface area contributed by atoms with Gasteiger partial charge < -0.3 is 9.47 Å². The second-order valence-electron chi connectivity index (χ2n) is 2.95. The number of rotatable bonds is 5. The lowest BCUT2D eigenvalue weighted by molar-refractivity contribution is -0.139. The molecule has 1 atom stereocenters. The van der Waals surface area contributed by atoms with Crippen molar-refractivity contribution in [2.45, 2.75) is 9.72 Å². The van der Waals surface area contributed by atoms with E-state index in [1.54, 1.807) is 18.9 Å². The van der Waals surface area contributed by atoms with Crippen molar-refractivity contribution in [1.82, 2.24) is 0 Å². The summed E-state index contributed by atoms with van der Waals surface area (Å²) in [5, 5.41) is 0. The number of carbonyl (C=O) groups is 1. The zero-order chi connectivity index (χ0) is 12.0. The zero-order valence-electron chi connectivity index (χ0n) is 9.10. The molecule has 0 aliphatic rings. The Morgan fingerprint density at radius 1 is 1.44 bits per heavy atom. The van der Waals surface area contributed by atoms with Gasteiger partial charge in [0.25, 0.3) is 0 Å². The molecule has 1 aromatic rings. The standard InChI is InChI=1S/C11H13BrO3S/c1-14-9-5-3-4-6-10(9)16-7-8(12)11(13)15-2/h3-6,8H,7H2,1-2H3. The van der Waals surface area contributed by atoms with Gasteiger partial charge in [-0.05, 0) is 12.1 Å². The number of halogens is 1. The summed E-state index contributed by atoms with van der Waals surface area (Å²) < 4.78 is 9.84. The van der Waals surface area contributed by atoms with Crippen LogP contribution in [0, 0.1) is 0 Å². The normalized spacial score (nSPS) is 11.9. The number of alkyl halides is 1. The molecule has 0 saturated heterocycles. The third-order valence-corrected chi connectivity index (χ3v) is 4.19. The summed E-state index contributed by atoms with van der Waals surface area (Å²) in [7, 11) is 3.01. The SMILES string of the molecule is COC(=O)C(Br)CSc1ccccc1OC. The molecule has 1 aromatic carbocycles. The first kappa shape index (κ1) is 13.4. The van der Waals surface area contributed by atoms with E-state index in [1.807, 2.05) is 24.3 Å². The monoisotopic (exact) mass is 304 g/mol. The largest absolute Gasteiger partial charge is 0.496 e. The number of carbonyl (C=O) groups excluding carboxylic acids is 1. The molecule has 0 amide bonds. The van der Waals surface area contributed by atoms with E-state index < -0.39 is 0 Å². The van der Waals surface area contributed by atoms with Gasteiger partial charge in [0.2, 0.25) is 0 Å². The molecule has 16 heavy (non-hydrogen) atoms. The number of hydrogen-bond acceptors (Lipinski definition) is 4. The van der Waals surface area contributed by atoms with Crippen molar-refractivity contribution in [2.75, 3.05) is 20.0 Å². The van der Waals surface area contributed by atoms with Crippen molar-refractivity contribution in [3.8, 4) is 5.75 Å². The topological polar surface area (TPSA) is 35.5 Å². The highest BCUT2D eigenvalue weighted by molar-refractivity contribution is 9.10. The summed E-state index contributed by atoms with van der Waals surface area (Å²) in [5.74, 6) is 1.16. The number of ether oxygens (including phenoxy) is 2. The van der Waals surface area contributed by atoms with Crippen LogP contribution in [-0.2, 0) is 9.53 Å². The second-order valence-corrected chi connectivity index (χ2v) is 5.12. The van der Waals surface area contributed by atoms with Gasteiger partial charge in [-0.3, -0.25) is 4.79 Å². The quantitative estimate of drug-likeness (QED) is 0.476. The fourth-order valence-corrected chi connectivity index (χ4v) is 2.61. The predicted octanol–water partition coefficient (Wildman–Crippen LogP) is 2.72. The van der Waals surface area contributed by atoms with E-state index in [0.717, 1.165) is 10.6 Å². The van der Waals surface area contributed by atoms with Crippen molar-refractivity contribution in [2.24, 2.45) is 0 Å². The fourth-order valence-electron chi connectivity index (χ4n) is 1.10. The van der Waals surface area contributed by atoms with Crippen LogP contribution < -0.4 is 4.74 Å². The van der Waals surface area contributed by atoms with Gasteiger partial charge in [-0.15, -0.1) is 11.8 Å². The minimum Gasteiger partial charge on any atom is -0.496 e. The maximum atomic E-state index is 11.2. The van der Waals surface area contributed by atoms with E-state index >= 15 is 0 Å². The highest BCUT2D eigenvalue weighted by Crippen LogP contribution is 2.30. The van der Waals surface area contributed by atoms with E-state index in [4.69, 9.17) is 4.74 Å². The second kappa shape index (κ2) is 6.81. The molecule has 5 heteroatoms. The summed E-state index contributed by atoms with van der Waals surface area (Å²) in [4.78, 5) is 11.9. The Bertz CT molecular complexity index is 357. The number of esters is 1. The fraction of sp³-hybridized carbons (Fsp3) is 0.364. The highest BCUT2D eigenvalue weighted by Gasteiger charge is 2.16. The third-order valence-electron chi connectivity index (χ3n) is 1.91. The average molecular weight is 305 g/mol. The number of hydrogen-bond donors (Lipinski definition) is 0. The maximum absolute atomic E-state index is 11.2. The maximum Gasteiger partial charge on any atom is 0.320 e. The first-order valence-corrected chi connectivity index (χ1v) is 6.57.